The fourth-order valence-corrected chi connectivity index (χ4v) is 10.2. The summed E-state index contributed by atoms with van der Waals surface area (Å²) in [7, 11) is 0. The second-order valence-electron chi connectivity index (χ2n) is 16.0. The van der Waals surface area contributed by atoms with Gasteiger partial charge in [-0.05, 0) is 38.3 Å². The van der Waals surface area contributed by atoms with Crippen LogP contribution in [-0.2, 0) is 66.7 Å². The van der Waals surface area contributed by atoms with E-state index in [2.05, 4.69) is 0 Å². The lowest BCUT2D eigenvalue weighted by Gasteiger charge is -2.58. The number of fused-ring (bicyclic) bond motifs is 5. The van der Waals surface area contributed by atoms with Gasteiger partial charge in [-0.1, -0.05) is 32.0 Å². The van der Waals surface area contributed by atoms with Gasteiger partial charge in [-0.3, -0.25) is 28.8 Å². The van der Waals surface area contributed by atoms with Crippen molar-refractivity contribution < 1.29 is 76.6 Å². The summed E-state index contributed by atoms with van der Waals surface area (Å²) >= 11 is 0. The van der Waals surface area contributed by atoms with Crippen molar-refractivity contribution in [1.29, 1.82) is 0 Å². The summed E-state index contributed by atoms with van der Waals surface area (Å²) in [5, 5.41) is 13.4. The van der Waals surface area contributed by atoms with Gasteiger partial charge in [0.05, 0.1) is 22.3 Å². The Hall–Kier alpha value is -4.86. The minimum atomic E-state index is -2.38. The van der Waals surface area contributed by atoms with Crippen LogP contribution >= 0.6 is 0 Å². The van der Waals surface area contributed by atoms with E-state index in [0.29, 0.717) is 0 Å². The van der Waals surface area contributed by atoms with E-state index in [0.717, 1.165) is 34.6 Å². The van der Waals surface area contributed by atoms with Crippen LogP contribution in [-0.4, -0.2) is 101 Å². The first-order valence-electron chi connectivity index (χ1n) is 18.1. The van der Waals surface area contributed by atoms with Crippen LogP contribution in [0.4, 0.5) is 0 Å². The number of benzene rings is 1. The molecule has 0 aliphatic heterocycles. The predicted molar refractivity (Wildman–Crippen MR) is 184 cm³/mol. The zero-order valence-corrected chi connectivity index (χ0v) is 32.3. The van der Waals surface area contributed by atoms with E-state index in [-0.39, 0.29) is 12.0 Å². The monoisotopic (exact) mass is 772 g/mol. The first kappa shape index (κ1) is 41.3. The quantitative estimate of drug-likeness (QED) is 0.281. The molecule has 55 heavy (non-hydrogen) atoms. The molecule has 2 unspecified atom stereocenters. The Morgan fingerprint density at radius 3 is 1.84 bits per heavy atom. The fourth-order valence-electron chi connectivity index (χ4n) is 10.2. The number of rotatable bonds is 9. The maximum absolute atomic E-state index is 14.6. The molecule has 4 saturated carbocycles. The molecule has 1 aromatic carbocycles. The van der Waals surface area contributed by atoms with E-state index in [1.165, 1.54) is 19.1 Å². The van der Waals surface area contributed by atoms with E-state index in [9.17, 15) is 43.5 Å². The summed E-state index contributed by atoms with van der Waals surface area (Å²) in [4.78, 5) is 106. The first-order valence-corrected chi connectivity index (χ1v) is 18.1. The molecule has 4 aliphatic rings. The molecule has 0 heterocycles. The Morgan fingerprint density at radius 2 is 1.29 bits per heavy atom. The SMILES string of the molecule is CC(=O)OCC(=O)O[C@@H]1[C@H]2[C@@H](OC(=O)c3ccccc3)[C@@H](C)C[C@]2(O)[C@H](OC(C)=O)[C@@]2(C)C3C(C[C@]1(OC(C)=O)[C@H]2OC(C)=O)C(=O)C(C)(C)[C@H]3OC(C)=O. The smallest absolute Gasteiger partial charge is 0.344 e. The van der Waals surface area contributed by atoms with Gasteiger partial charge in [0.15, 0.2) is 24.4 Å². The van der Waals surface area contributed by atoms with E-state index >= 15 is 0 Å². The Kier molecular flexibility index (Phi) is 11.0. The number of aliphatic hydroxyl groups is 1. The van der Waals surface area contributed by atoms with Crippen molar-refractivity contribution in [2.24, 2.45) is 34.5 Å². The molecule has 4 aliphatic carbocycles. The van der Waals surface area contributed by atoms with Crippen LogP contribution in [0.3, 0.4) is 0 Å². The summed E-state index contributed by atoms with van der Waals surface area (Å²) in [6, 6.07) is 7.88. The van der Waals surface area contributed by atoms with Crippen molar-refractivity contribution in [2.45, 2.75) is 117 Å². The lowest BCUT2D eigenvalue weighted by Crippen LogP contribution is -2.72. The number of esters is 7. The highest BCUT2D eigenvalue weighted by molar-refractivity contribution is 5.91. The minimum absolute atomic E-state index is 0.128. The number of carbonyl (C=O) groups excluding carboxylic acids is 8. The summed E-state index contributed by atoms with van der Waals surface area (Å²) < 4.78 is 41.5. The number of hydrogen-bond acceptors (Lipinski definition) is 16. The second-order valence-corrected chi connectivity index (χ2v) is 16.0. The standard InChI is InChI=1S/C39H48O16/c1-18-15-38(48)28(29(18)54-33(47)24-13-11-10-12-14-24)32(53-26(45)17-49-19(2)40)39(55-23(6)44)16-25-27(31(50-20(3)41)36(7,8)30(25)46)37(9,34(38)51-21(4)42)35(39)52-22(5)43/h10-14,18,25,27-29,31-32,34-35,48H,15-17H2,1-9H3/t18-,25?,27?,28+,29-,31-,32+,34+,35-,37+,38+,39+/m0/s1. The molecular formula is C39H48O16. The van der Waals surface area contributed by atoms with E-state index in [1.807, 2.05) is 0 Å². The third-order valence-electron chi connectivity index (χ3n) is 11.8. The number of Topliss-reactive ketones (excluding diaryl/α,β-unsaturated/α-hetero) is 1. The Balaban J connectivity index is 1.90. The zero-order chi connectivity index (χ0) is 41.0. The van der Waals surface area contributed by atoms with Gasteiger partial charge < -0.3 is 38.3 Å². The van der Waals surface area contributed by atoms with Gasteiger partial charge in [-0.25, -0.2) is 9.59 Å². The van der Waals surface area contributed by atoms with Crippen molar-refractivity contribution in [2.75, 3.05) is 6.61 Å². The van der Waals surface area contributed by atoms with Crippen molar-refractivity contribution in [1.82, 2.24) is 0 Å². The van der Waals surface area contributed by atoms with Crippen molar-refractivity contribution in [3.8, 4) is 0 Å². The number of carbonyl (C=O) groups is 8. The Labute approximate surface area is 317 Å². The lowest BCUT2D eigenvalue weighted by atomic mass is 9.53. The molecule has 300 valence electrons. The molecule has 0 saturated heterocycles. The van der Waals surface area contributed by atoms with Gasteiger partial charge in [0.1, 0.15) is 29.7 Å². The van der Waals surface area contributed by atoms with Crippen LogP contribution in [0.1, 0.15) is 85.5 Å². The predicted octanol–water partition coefficient (Wildman–Crippen LogP) is 2.44. The minimum Gasteiger partial charge on any atom is -0.461 e. The third-order valence-corrected chi connectivity index (χ3v) is 11.8. The van der Waals surface area contributed by atoms with Crippen LogP contribution < -0.4 is 0 Å². The second kappa shape index (κ2) is 14.7. The van der Waals surface area contributed by atoms with Gasteiger partial charge >= 0.3 is 41.8 Å². The van der Waals surface area contributed by atoms with Crippen molar-refractivity contribution in [3.63, 3.8) is 0 Å². The largest absolute Gasteiger partial charge is 0.461 e. The maximum atomic E-state index is 14.6. The maximum Gasteiger partial charge on any atom is 0.344 e. The number of ketones is 1. The van der Waals surface area contributed by atoms with Gasteiger partial charge in [0, 0.05) is 52.9 Å². The average Bonchev–Trinajstić information content (AvgIpc) is 3.42. The highest BCUT2D eigenvalue weighted by Gasteiger charge is 2.84. The molecule has 1 N–H and O–H groups in total. The molecule has 0 radical (unpaired) electrons. The van der Waals surface area contributed by atoms with E-state index in [4.69, 9.17) is 33.2 Å². The molecule has 12 atom stereocenters. The normalized spacial score (nSPS) is 36.8. The molecule has 0 spiro atoms. The highest BCUT2D eigenvalue weighted by atomic mass is 16.6. The molecule has 5 rings (SSSR count). The molecule has 0 amide bonds. The zero-order valence-electron chi connectivity index (χ0n) is 32.3. The molecule has 16 nitrogen and oxygen atoms in total. The van der Waals surface area contributed by atoms with E-state index < -0.39 is 137 Å². The van der Waals surface area contributed by atoms with Crippen LogP contribution in [0.2, 0.25) is 0 Å². The van der Waals surface area contributed by atoms with Crippen molar-refractivity contribution >= 4 is 47.6 Å². The summed E-state index contributed by atoms with van der Waals surface area (Å²) in [6.07, 6.45) is -9.00. The summed E-state index contributed by atoms with van der Waals surface area (Å²) in [5.74, 6) is -11.8. The first-order chi connectivity index (χ1) is 25.5. The third kappa shape index (κ3) is 6.97. The summed E-state index contributed by atoms with van der Waals surface area (Å²) in [5.41, 5.74) is -8.05. The molecule has 16 heteroatoms. The number of hydrogen-bond donors (Lipinski definition) is 1. The topological polar surface area (TPSA) is 221 Å². The average molecular weight is 773 g/mol. The molecular weight excluding hydrogens is 724 g/mol. The van der Waals surface area contributed by atoms with Crippen LogP contribution in [0.15, 0.2) is 30.3 Å². The van der Waals surface area contributed by atoms with Gasteiger partial charge in [-0.2, -0.15) is 0 Å². The Morgan fingerprint density at radius 1 is 0.709 bits per heavy atom. The van der Waals surface area contributed by atoms with Crippen LogP contribution in [0, 0.1) is 34.5 Å². The van der Waals surface area contributed by atoms with Crippen LogP contribution in [0.25, 0.3) is 0 Å². The number of ether oxygens (including phenoxy) is 7. The highest BCUT2D eigenvalue weighted by Crippen LogP contribution is 2.69. The molecule has 1 aromatic rings. The van der Waals surface area contributed by atoms with Gasteiger partial charge in [0.25, 0.3) is 0 Å². The van der Waals surface area contributed by atoms with Gasteiger partial charge in [0.2, 0.25) is 0 Å². The lowest BCUT2D eigenvalue weighted by molar-refractivity contribution is -0.276. The molecule has 2 bridgehead atoms. The van der Waals surface area contributed by atoms with Gasteiger partial charge in [-0.15, -0.1) is 0 Å². The fraction of sp³-hybridized carbons (Fsp3) is 0.641. The van der Waals surface area contributed by atoms with Crippen molar-refractivity contribution in [3.05, 3.63) is 35.9 Å². The Bertz CT molecular complexity index is 1770. The molecule has 4 fully saturated rings. The van der Waals surface area contributed by atoms with Crippen LogP contribution in [0.5, 0.6) is 0 Å². The molecule has 0 aromatic heterocycles. The van der Waals surface area contributed by atoms with E-state index in [1.54, 1.807) is 39.0 Å². The summed E-state index contributed by atoms with van der Waals surface area (Å²) in [6.45, 7) is 10.6.